The van der Waals surface area contributed by atoms with Crippen LogP contribution in [0.5, 0.6) is 0 Å². The summed E-state index contributed by atoms with van der Waals surface area (Å²) in [5, 5.41) is 0. The number of nitrogens with zero attached hydrogens (tertiary/aromatic N) is 1. The topological polar surface area (TPSA) is 54.9 Å². The Kier molecular flexibility index (Phi) is 2.14. The van der Waals surface area contributed by atoms with Crippen molar-refractivity contribution in [2.24, 2.45) is 0 Å². The van der Waals surface area contributed by atoms with Crippen molar-refractivity contribution >= 4 is 11.0 Å². The lowest BCUT2D eigenvalue weighted by molar-refractivity contribution is 0.813. The minimum absolute atomic E-state index is 0.100. The van der Waals surface area contributed by atoms with Crippen LogP contribution in [0.15, 0.2) is 33.9 Å². The lowest BCUT2D eigenvalue weighted by Gasteiger charge is -2.04. The van der Waals surface area contributed by atoms with Crippen LogP contribution in [0, 0.1) is 12.3 Å². The van der Waals surface area contributed by atoms with Gasteiger partial charge in [0.15, 0.2) is 0 Å². The van der Waals surface area contributed by atoms with E-state index >= 15 is 0 Å². The molecule has 2 aromatic rings. The Morgan fingerprint density at radius 1 is 1.33 bits per heavy atom. The summed E-state index contributed by atoms with van der Waals surface area (Å²) in [6.07, 6.45) is 5.15. The summed E-state index contributed by atoms with van der Waals surface area (Å²) in [6, 6.07) is 7.03. The molecule has 4 nitrogen and oxygen atoms in total. The largest absolute Gasteiger partial charge is 0.317 e. The van der Waals surface area contributed by atoms with E-state index in [-0.39, 0.29) is 6.54 Å². The van der Waals surface area contributed by atoms with Crippen LogP contribution in [0.25, 0.3) is 11.0 Å². The van der Waals surface area contributed by atoms with Gasteiger partial charge in [-0.1, -0.05) is 18.1 Å². The number of hydrogen-bond donors (Lipinski definition) is 1. The van der Waals surface area contributed by atoms with Gasteiger partial charge in [0, 0.05) is 0 Å². The van der Waals surface area contributed by atoms with Crippen molar-refractivity contribution in [1.82, 2.24) is 9.55 Å². The van der Waals surface area contributed by atoms with Gasteiger partial charge in [-0.25, -0.2) is 0 Å². The molecule has 0 unspecified atom stereocenters. The fraction of sp³-hybridized carbons (Fsp3) is 0.0909. The molecular weight excluding hydrogens is 192 g/mol. The van der Waals surface area contributed by atoms with Gasteiger partial charge in [0.05, 0.1) is 17.6 Å². The Morgan fingerprint density at radius 2 is 2.07 bits per heavy atom. The second-order valence-electron chi connectivity index (χ2n) is 3.07. The van der Waals surface area contributed by atoms with E-state index in [1.165, 1.54) is 4.57 Å². The first-order valence-corrected chi connectivity index (χ1v) is 4.39. The molecule has 0 bridgehead atoms. The second-order valence-corrected chi connectivity index (χ2v) is 3.07. The zero-order chi connectivity index (χ0) is 10.8. The third-order valence-electron chi connectivity index (χ3n) is 2.13. The van der Waals surface area contributed by atoms with Crippen LogP contribution in [0.4, 0.5) is 0 Å². The monoisotopic (exact) mass is 200 g/mol. The number of hydrogen-bond acceptors (Lipinski definition) is 2. The van der Waals surface area contributed by atoms with E-state index in [1.807, 2.05) is 0 Å². The van der Waals surface area contributed by atoms with E-state index in [1.54, 1.807) is 24.3 Å². The van der Waals surface area contributed by atoms with Gasteiger partial charge in [-0.2, -0.15) is 0 Å². The zero-order valence-electron chi connectivity index (χ0n) is 7.86. The molecule has 1 aromatic carbocycles. The molecule has 15 heavy (non-hydrogen) atoms. The highest BCUT2D eigenvalue weighted by atomic mass is 16.2. The van der Waals surface area contributed by atoms with Crippen molar-refractivity contribution in [2.45, 2.75) is 6.54 Å². The standard InChI is InChI=1S/C11H8N2O2/c1-2-7-13-9-6-4-3-5-8(9)12-10(14)11(13)15/h1,3-6H,7H2,(H,12,14). The molecule has 0 amide bonds. The Labute approximate surface area is 85.2 Å². The van der Waals surface area contributed by atoms with E-state index in [4.69, 9.17) is 6.42 Å². The van der Waals surface area contributed by atoms with Crippen LogP contribution in [0.2, 0.25) is 0 Å². The maximum atomic E-state index is 11.5. The third-order valence-corrected chi connectivity index (χ3v) is 2.13. The molecule has 1 N–H and O–H groups in total. The number of terminal acetylenes is 1. The third kappa shape index (κ3) is 1.44. The summed E-state index contributed by atoms with van der Waals surface area (Å²) in [7, 11) is 0. The number of para-hydroxylation sites is 2. The van der Waals surface area contributed by atoms with Crippen LogP contribution in [-0.4, -0.2) is 9.55 Å². The van der Waals surface area contributed by atoms with Gasteiger partial charge >= 0.3 is 11.1 Å². The second kappa shape index (κ2) is 3.46. The summed E-state index contributed by atoms with van der Waals surface area (Å²) in [4.78, 5) is 25.3. The molecule has 0 aliphatic rings. The van der Waals surface area contributed by atoms with Gasteiger partial charge in [-0.15, -0.1) is 6.42 Å². The summed E-state index contributed by atoms with van der Waals surface area (Å²) in [6.45, 7) is 0.100. The maximum absolute atomic E-state index is 11.5. The molecule has 1 aromatic heterocycles. The molecule has 0 saturated carbocycles. The lowest BCUT2D eigenvalue weighted by atomic mass is 10.3. The predicted octanol–water partition coefficient (Wildman–Crippen LogP) is 0.323. The molecule has 0 aliphatic carbocycles. The normalized spacial score (nSPS) is 10.1. The number of nitrogens with one attached hydrogen (secondary N) is 1. The quantitative estimate of drug-likeness (QED) is 0.532. The summed E-state index contributed by atoms with van der Waals surface area (Å²) in [5.74, 6) is 2.35. The van der Waals surface area contributed by atoms with Crippen LogP contribution in [0.3, 0.4) is 0 Å². The van der Waals surface area contributed by atoms with Crippen LogP contribution in [0.1, 0.15) is 0 Å². The van der Waals surface area contributed by atoms with Crippen molar-refractivity contribution in [1.29, 1.82) is 0 Å². The Balaban J connectivity index is 2.97. The van der Waals surface area contributed by atoms with E-state index in [2.05, 4.69) is 10.9 Å². The van der Waals surface area contributed by atoms with E-state index < -0.39 is 11.1 Å². The molecule has 0 fully saturated rings. The Hall–Kier alpha value is -2.28. The molecule has 0 spiro atoms. The fourth-order valence-corrected chi connectivity index (χ4v) is 1.47. The Morgan fingerprint density at radius 3 is 2.80 bits per heavy atom. The molecule has 0 aliphatic heterocycles. The summed E-state index contributed by atoms with van der Waals surface area (Å²) in [5.41, 5.74) is -0.0204. The van der Waals surface area contributed by atoms with Crippen LogP contribution >= 0.6 is 0 Å². The number of aromatic nitrogens is 2. The average Bonchev–Trinajstić information content (AvgIpc) is 2.25. The molecule has 74 valence electrons. The van der Waals surface area contributed by atoms with Gasteiger partial charge in [-0.05, 0) is 12.1 Å². The molecule has 1 heterocycles. The molecule has 0 radical (unpaired) electrons. The van der Waals surface area contributed by atoms with E-state index in [0.717, 1.165) is 0 Å². The van der Waals surface area contributed by atoms with Gasteiger partial charge in [0.1, 0.15) is 0 Å². The fourth-order valence-electron chi connectivity index (χ4n) is 1.47. The van der Waals surface area contributed by atoms with Crippen molar-refractivity contribution < 1.29 is 0 Å². The van der Waals surface area contributed by atoms with Crippen molar-refractivity contribution in [2.75, 3.05) is 0 Å². The summed E-state index contributed by atoms with van der Waals surface area (Å²) < 4.78 is 1.29. The number of H-pyrrole nitrogens is 1. The predicted molar refractivity (Wildman–Crippen MR) is 57.7 cm³/mol. The minimum atomic E-state index is -0.649. The highest BCUT2D eigenvalue weighted by Gasteiger charge is 2.04. The van der Waals surface area contributed by atoms with E-state index in [9.17, 15) is 9.59 Å². The van der Waals surface area contributed by atoms with Crippen molar-refractivity contribution in [3.8, 4) is 12.3 Å². The number of aromatic amines is 1. The highest BCUT2D eigenvalue weighted by Crippen LogP contribution is 2.06. The zero-order valence-corrected chi connectivity index (χ0v) is 7.86. The van der Waals surface area contributed by atoms with Crippen LogP contribution < -0.4 is 11.1 Å². The smallest absolute Gasteiger partial charge is 0.316 e. The molecule has 0 atom stereocenters. The SMILES string of the molecule is C#CCn1c(=O)c(=O)[nH]c2ccccc21. The summed E-state index contributed by atoms with van der Waals surface area (Å²) >= 11 is 0. The number of benzene rings is 1. The van der Waals surface area contributed by atoms with Gasteiger partial charge in [0.2, 0.25) is 0 Å². The number of fused-ring (bicyclic) bond motifs is 1. The minimum Gasteiger partial charge on any atom is -0.316 e. The number of rotatable bonds is 1. The molecule has 4 heteroatoms. The first kappa shape index (κ1) is 9.28. The van der Waals surface area contributed by atoms with Crippen molar-refractivity contribution in [3.05, 3.63) is 45.0 Å². The molecular formula is C11H8N2O2. The first-order valence-electron chi connectivity index (χ1n) is 4.39. The Bertz CT molecular complexity index is 659. The van der Waals surface area contributed by atoms with Gasteiger partial charge in [-0.3, -0.25) is 14.2 Å². The molecule has 2 rings (SSSR count). The molecule has 0 saturated heterocycles. The van der Waals surface area contributed by atoms with Crippen LogP contribution in [-0.2, 0) is 6.54 Å². The van der Waals surface area contributed by atoms with Gasteiger partial charge in [0.25, 0.3) is 0 Å². The average molecular weight is 200 g/mol. The first-order chi connectivity index (χ1) is 7.24. The highest BCUT2D eigenvalue weighted by molar-refractivity contribution is 5.74. The van der Waals surface area contributed by atoms with Gasteiger partial charge < -0.3 is 4.98 Å². The maximum Gasteiger partial charge on any atom is 0.317 e. The lowest BCUT2D eigenvalue weighted by Crippen LogP contribution is -2.36. The van der Waals surface area contributed by atoms with Crippen molar-refractivity contribution in [3.63, 3.8) is 0 Å². The van der Waals surface area contributed by atoms with E-state index in [0.29, 0.717) is 11.0 Å².